The summed E-state index contributed by atoms with van der Waals surface area (Å²) in [6.45, 7) is 0.178. The molecule has 2 aromatic rings. The summed E-state index contributed by atoms with van der Waals surface area (Å²) in [7, 11) is 0. The summed E-state index contributed by atoms with van der Waals surface area (Å²) >= 11 is 10.8. The Morgan fingerprint density at radius 1 is 1.26 bits per heavy atom. The van der Waals surface area contributed by atoms with E-state index in [1.165, 1.54) is 18.2 Å². The third kappa shape index (κ3) is 3.66. The summed E-state index contributed by atoms with van der Waals surface area (Å²) < 4.78 is 18.6. The fourth-order valence-corrected chi connectivity index (χ4v) is 1.85. The molecule has 2 aromatic carbocycles. The third-order valence-electron chi connectivity index (χ3n) is 2.52. The molecule has 0 fully saturated rings. The van der Waals surface area contributed by atoms with E-state index in [1.807, 2.05) is 0 Å². The summed E-state index contributed by atoms with van der Waals surface area (Å²) in [4.78, 5) is 0.300. The summed E-state index contributed by atoms with van der Waals surface area (Å²) in [6.07, 6.45) is 0. The van der Waals surface area contributed by atoms with Crippen molar-refractivity contribution >= 4 is 28.8 Å². The Morgan fingerprint density at radius 3 is 2.79 bits per heavy atom. The fourth-order valence-electron chi connectivity index (χ4n) is 1.55. The molecule has 5 heteroatoms. The second-order valence-electron chi connectivity index (χ2n) is 3.92. The lowest BCUT2D eigenvalue weighted by atomic mass is 10.2. The number of ether oxygens (including phenoxy) is 1. The highest BCUT2D eigenvalue weighted by atomic mass is 35.5. The molecule has 2 rings (SSSR count). The highest BCUT2D eigenvalue weighted by molar-refractivity contribution is 7.80. The molecule has 0 saturated heterocycles. The topological polar surface area (TPSA) is 35.2 Å². The van der Waals surface area contributed by atoms with Crippen LogP contribution in [0.5, 0.6) is 5.75 Å². The minimum absolute atomic E-state index is 0.178. The smallest absolute Gasteiger partial charge is 0.123 e. The van der Waals surface area contributed by atoms with E-state index in [2.05, 4.69) is 0 Å². The largest absolute Gasteiger partial charge is 0.489 e. The van der Waals surface area contributed by atoms with Crippen LogP contribution in [0.1, 0.15) is 11.1 Å². The van der Waals surface area contributed by atoms with Crippen molar-refractivity contribution in [1.82, 2.24) is 0 Å². The molecular weight excluding hydrogens is 285 g/mol. The first-order chi connectivity index (χ1) is 9.06. The Hall–Kier alpha value is -1.65. The summed E-state index contributed by atoms with van der Waals surface area (Å²) in [5.74, 6) is 0.255. The van der Waals surface area contributed by atoms with Crippen molar-refractivity contribution in [3.8, 4) is 5.75 Å². The quantitative estimate of drug-likeness (QED) is 0.874. The Balaban J connectivity index is 2.12. The number of nitrogens with two attached hydrogens (primary N) is 1. The van der Waals surface area contributed by atoms with Gasteiger partial charge >= 0.3 is 0 Å². The highest BCUT2D eigenvalue weighted by Gasteiger charge is 2.04. The molecule has 0 spiro atoms. The van der Waals surface area contributed by atoms with Gasteiger partial charge in [-0.15, -0.1) is 0 Å². The van der Waals surface area contributed by atoms with Gasteiger partial charge in [0.1, 0.15) is 23.2 Å². The number of halogens is 2. The van der Waals surface area contributed by atoms with E-state index in [1.54, 1.807) is 24.3 Å². The predicted molar refractivity (Wildman–Crippen MR) is 78.1 cm³/mol. The Labute approximate surface area is 120 Å². The minimum atomic E-state index is -0.347. The molecule has 98 valence electrons. The lowest BCUT2D eigenvalue weighted by Crippen LogP contribution is -2.09. The van der Waals surface area contributed by atoms with Gasteiger partial charge in [-0.05, 0) is 30.3 Å². The van der Waals surface area contributed by atoms with E-state index in [4.69, 9.17) is 34.3 Å². The van der Waals surface area contributed by atoms with Gasteiger partial charge in [0.05, 0.1) is 0 Å². The zero-order chi connectivity index (χ0) is 13.8. The number of benzene rings is 2. The van der Waals surface area contributed by atoms with Crippen molar-refractivity contribution in [3.63, 3.8) is 0 Å². The third-order valence-corrected chi connectivity index (χ3v) is 3.13. The van der Waals surface area contributed by atoms with Gasteiger partial charge in [0.25, 0.3) is 0 Å². The van der Waals surface area contributed by atoms with Crippen molar-refractivity contribution in [2.75, 3.05) is 0 Å². The molecule has 0 aliphatic rings. The minimum Gasteiger partial charge on any atom is -0.489 e. The van der Waals surface area contributed by atoms with E-state index in [0.29, 0.717) is 21.3 Å². The number of rotatable bonds is 4. The highest BCUT2D eigenvalue weighted by Crippen LogP contribution is 2.20. The Bertz CT molecular complexity index is 618. The van der Waals surface area contributed by atoms with Gasteiger partial charge in [-0.1, -0.05) is 36.0 Å². The van der Waals surface area contributed by atoms with E-state index >= 15 is 0 Å². The molecular formula is C14H11ClFNOS. The number of thiocarbonyl (C=S) groups is 1. The number of hydrogen-bond donors (Lipinski definition) is 1. The van der Waals surface area contributed by atoms with Crippen molar-refractivity contribution in [1.29, 1.82) is 0 Å². The molecule has 0 radical (unpaired) electrons. The lowest BCUT2D eigenvalue weighted by Gasteiger charge is -2.09. The van der Waals surface area contributed by atoms with Crippen LogP contribution in [0.4, 0.5) is 4.39 Å². The number of hydrogen-bond acceptors (Lipinski definition) is 2. The van der Waals surface area contributed by atoms with Crippen LogP contribution < -0.4 is 10.5 Å². The molecule has 0 amide bonds. The van der Waals surface area contributed by atoms with Gasteiger partial charge in [-0.2, -0.15) is 0 Å². The molecule has 0 aliphatic carbocycles. The van der Waals surface area contributed by atoms with Crippen molar-refractivity contribution in [3.05, 3.63) is 64.4 Å². The molecule has 2 nitrogen and oxygen atoms in total. The SMILES string of the molecule is NC(=S)c1cccc(OCc2cc(F)ccc2Cl)c1. The van der Waals surface area contributed by atoms with Crippen LogP contribution in [0, 0.1) is 5.82 Å². The van der Waals surface area contributed by atoms with Crippen LogP contribution in [0.25, 0.3) is 0 Å². The van der Waals surface area contributed by atoms with Crippen LogP contribution in [0.15, 0.2) is 42.5 Å². The van der Waals surface area contributed by atoms with E-state index < -0.39 is 0 Å². The van der Waals surface area contributed by atoms with E-state index in [-0.39, 0.29) is 12.4 Å². The van der Waals surface area contributed by atoms with Gasteiger partial charge in [-0.3, -0.25) is 0 Å². The summed E-state index contributed by atoms with van der Waals surface area (Å²) in [5, 5.41) is 0.465. The van der Waals surface area contributed by atoms with Gasteiger partial charge < -0.3 is 10.5 Å². The maximum atomic E-state index is 13.1. The summed E-state index contributed by atoms with van der Waals surface area (Å²) in [5.41, 5.74) is 6.84. The van der Waals surface area contributed by atoms with Crippen LogP contribution in [0.2, 0.25) is 5.02 Å². The second kappa shape index (κ2) is 5.99. The monoisotopic (exact) mass is 295 g/mol. The van der Waals surface area contributed by atoms with Gasteiger partial charge in [0.2, 0.25) is 0 Å². The molecule has 0 heterocycles. The molecule has 0 saturated carbocycles. The van der Waals surface area contributed by atoms with E-state index in [0.717, 1.165) is 5.56 Å². The van der Waals surface area contributed by atoms with Gasteiger partial charge in [0.15, 0.2) is 0 Å². The van der Waals surface area contributed by atoms with Gasteiger partial charge in [-0.25, -0.2) is 4.39 Å². The zero-order valence-corrected chi connectivity index (χ0v) is 11.5. The second-order valence-corrected chi connectivity index (χ2v) is 4.76. The van der Waals surface area contributed by atoms with Gasteiger partial charge in [0, 0.05) is 16.1 Å². The molecule has 0 aromatic heterocycles. The molecule has 2 N–H and O–H groups in total. The van der Waals surface area contributed by atoms with Crippen molar-refractivity contribution in [2.24, 2.45) is 5.73 Å². The molecule has 0 bridgehead atoms. The summed E-state index contributed by atoms with van der Waals surface area (Å²) in [6, 6.07) is 11.2. The van der Waals surface area contributed by atoms with Crippen LogP contribution in [0.3, 0.4) is 0 Å². The van der Waals surface area contributed by atoms with Crippen LogP contribution in [-0.4, -0.2) is 4.99 Å². The standard InChI is InChI=1S/C14H11ClFNOS/c15-13-5-4-11(16)6-10(13)8-18-12-3-1-2-9(7-12)14(17)19/h1-7H,8H2,(H2,17,19). The molecule has 0 unspecified atom stereocenters. The van der Waals surface area contributed by atoms with E-state index in [9.17, 15) is 4.39 Å². The first-order valence-electron chi connectivity index (χ1n) is 5.53. The fraction of sp³-hybridized carbons (Fsp3) is 0.0714. The van der Waals surface area contributed by atoms with Crippen LogP contribution in [-0.2, 0) is 6.61 Å². The van der Waals surface area contributed by atoms with Crippen molar-refractivity contribution < 1.29 is 9.13 Å². The zero-order valence-electron chi connectivity index (χ0n) is 9.90. The maximum Gasteiger partial charge on any atom is 0.123 e. The first-order valence-corrected chi connectivity index (χ1v) is 6.31. The average Bonchev–Trinajstić information content (AvgIpc) is 2.40. The lowest BCUT2D eigenvalue weighted by molar-refractivity contribution is 0.305. The maximum absolute atomic E-state index is 13.1. The van der Waals surface area contributed by atoms with Crippen molar-refractivity contribution in [2.45, 2.75) is 6.61 Å². The average molecular weight is 296 g/mol. The molecule has 0 aliphatic heterocycles. The Morgan fingerprint density at radius 2 is 2.05 bits per heavy atom. The first kappa shape index (κ1) is 13.8. The normalized spacial score (nSPS) is 10.2. The molecule has 19 heavy (non-hydrogen) atoms. The van der Waals surface area contributed by atoms with Crippen LogP contribution >= 0.6 is 23.8 Å². The Kier molecular flexibility index (Phi) is 4.35. The predicted octanol–water partition coefficient (Wildman–Crippen LogP) is 3.69. The molecule has 0 atom stereocenters.